The number of hydrogen-bond acceptors (Lipinski definition) is 10. The molecule has 0 saturated heterocycles. The number of unbranched alkanes of at least 4 members (excludes halogenated alkanes) is 4. The van der Waals surface area contributed by atoms with Crippen LogP contribution in [0.5, 0.6) is 5.75 Å². The van der Waals surface area contributed by atoms with E-state index in [2.05, 4.69) is 118 Å². The van der Waals surface area contributed by atoms with E-state index >= 15 is 0 Å². The molecule has 0 unspecified atom stereocenters. The molecule has 3 amide bonds. The molecule has 5 aromatic rings. The molecule has 5 aromatic carbocycles. The van der Waals surface area contributed by atoms with Gasteiger partial charge in [0.15, 0.2) is 0 Å². The molecule has 0 heterocycles. The van der Waals surface area contributed by atoms with Gasteiger partial charge in [-0.2, -0.15) is 0 Å². The van der Waals surface area contributed by atoms with Crippen LogP contribution in [-0.2, 0) is 20.7 Å². The van der Waals surface area contributed by atoms with E-state index in [-0.39, 0.29) is 37.0 Å². The average Bonchev–Trinajstić information content (AvgIpc) is 3.92. The van der Waals surface area contributed by atoms with Crippen LogP contribution in [0.4, 0.5) is 9.59 Å². The Hall–Kier alpha value is -6.25. The number of nitrogens with one attached hydrogen (secondary N) is 4. The summed E-state index contributed by atoms with van der Waals surface area (Å²) >= 11 is 0. The van der Waals surface area contributed by atoms with Crippen molar-refractivity contribution in [3.63, 3.8) is 0 Å². The molecule has 13 heteroatoms. The Morgan fingerprint density at radius 3 is 1.62 bits per heavy atom. The summed E-state index contributed by atoms with van der Waals surface area (Å²) in [6.45, 7) is 8.35. The summed E-state index contributed by atoms with van der Waals surface area (Å²) in [5.41, 5.74) is 22.3. The van der Waals surface area contributed by atoms with E-state index in [0.29, 0.717) is 58.6 Å². The van der Waals surface area contributed by atoms with Gasteiger partial charge >= 0.3 is 12.2 Å². The summed E-state index contributed by atoms with van der Waals surface area (Å²) in [4.78, 5) is 42.7. The molecule has 2 aliphatic carbocycles. The first kappa shape index (κ1) is 55.5. The standard InChI is InChI=1S/C61H81N7O6/c1-2-3-4-19-45-30-32-47(33-31-45)72-41-40-68(38-17-36-64-42-46(20-13-15-34-62)66-60(70)73-43-56-52-25-9-5-21-48(52)49-22-6-10-26-53(49)56)39-18-37-65-59(69)58(29-14-16-35-63)67-61(71)74-44-57-54-27-11-7-23-50(54)51-24-8-12-28-55(51)57/h5-12,21-28,30-33,46,56-58,64H,2-4,13-20,29,34-44,62-63H2,1H3,(H,65,69)(H,66,70)(H,67,71)/t46-,58-/m0/s1. The van der Waals surface area contributed by atoms with Crippen LogP contribution in [0.25, 0.3) is 22.3 Å². The minimum Gasteiger partial charge on any atom is -0.492 e. The molecule has 8 N–H and O–H groups in total. The van der Waals surface area contributed by atoms with Crippen molar-refractivity contribution in [3.8, 4) is 28.0 Å². The topological polar surface area (TPSA) is 182 Å². The zero-order valence-electron chi connectivity index (χ0n) is 43.7. The third kappa shape index (κ3) is 16.4. The molecule has 0 fully saturated rings. The minimum atomic E-state index is -0.747. The third-order valence-electron chi connectivity index (χ3n) is 14.4. The molecular formula is C61H81N7O6. The number of alkyl carbamates (subject to hydrolysis) is 2. The molecule has 0 bridgehead atoms. The molecule has 0 spiro atoms. The highest BCUT2D eigenvalue weighted by Crippen LogP contribution is 2.45. The van der Waals surface area contributed by atoms with E-state index in [1.807, 2.05) is 36.4 Å². The molecule has 74 heavy (non-hydrogen) atoms. The molecule has 13 nitrogen and oxygen atoms in total. The van der Waals surface area contributed by atoms with Crippen molar-refractivity contribution in [2.75, 3.05) is 72.2 Å². The van der Waals surface area contributed by atoms with Crippen molar-refractivity contribution in [2.45, 2.75) is 108 Å². The lowest BCUT2D eigenvalue weighted by molar-refractivity contribution is -0.123. The van der Waals surface area contributed by atoms with E-state index in [0.717, 1.165) is 86.2 Å². The third-order valence-corrected chi connectivity index (χ3v) is 14.4. The zero-order chi connectivity index (χ0) is 51.7. The number of rotatable bonds is 33. The normalized spacial score (nSPS) is 13.4. The van der Waals surface area contributed by atoms with Crippen molar-refractivity contribution >= 4 is 18.1 Å². The van der Waals surface area contributed by atoms with Crippen LogP contribution >= 0.6 is 0 Å². The van der Waals surface area contributed by atoms with Crippen LogP contribution in [0.3, 0.4) is 0 Å². The maximum atomic E-state index is 13.7. The molecule has 0 aromatic heterocycles. The van der Waals surface area contributed by atoms with E-state index in [1.165, 1.54) is 47.1 Å². The number of benzene rings is 5. The monoisotopic (exact) mass is 1010 g/mol. The number of aryl methyl sites for hydroxylation is 1. The number of nitrogens with zero attached hydrogens (tertiary/aromatic N) is 1. The fourth-order valence-corrected chi connectivity index (χ4v) is 10.4. The Kier molecular flexibility index (Phi) is 22.6. The second-order valence-corrected chi connectivity index (χ2v) is 19.8. The van der Waals surface area contributed by atoms with Crippen LogP contribution in [-0.4, -0.2) is 107 Å². The SMILES string of the molecule is CCCCCc1ccc(OCCN(CCCNC[C@H](CCCCN)NC(=O)OCC2c3ccccc3-c3ccccc32)CCCNC(=O)[C@H](CCCCN)NC(=O)OCC2c3ccccc3-c3ccccc32)cc1. The van der Waals surface area contributed by atoms with Gasteiger partial charge in [0.1, 0.15) is 31.6 Å². The fraction of sp³-hybridized carbons (Fsp3) is 0.459. The van der Waals surface area contributed by atoms with Crippen molar-refractivity contribution in [1.82, 2.24) is 26.2 Å². The second kappa shape index (κ2) is 30.2. The van der Waals surface area contributed by atoms with Gasteiger partial charge in [-0.05, 0) is 153 Å². The van der Waals surface area contributed by atoms with Crippen LogP contribution in [0.15, 0.2) is 121 Å². The van der Waals surface area contributed by atoms with Crippen molar-refractivity contribution in [1.29, 1.82) is 0 Å². The zero-order valence-corrected chi connectivity index (χ0v) is 43.7. The molecule has 2 atom stereocenters. The Bertz CT molecular complexity index is 2410. The van der Waals surface area contributed by atoms with E-state index in [1.54, 1.807) is 0 Å². The molecular weight excluding hydrogens is 927 g/mol. The van der Waals surface area contributed by atoms with Gasteiger partial charge in [0.2, 0.25) is 5.91 Å². The Balaban J connectivity index is 0.882. The predicted octanol–water partition coefficient (Wildman–Crippen LogP) is 9.66. The van der Waals surface area contributed by atoms with Gasteiger partial charge in [-0.3, -0.25) is 9.69 Å². The summed E-state index contributed by atoms with van der Waals surface area (Å²) in [6.07, 6.45) is 9.72. The maximum Gasteiger partial charge on any atom is 0.407 e. The Morgan fingerprint density at radius 2 is 1.08 bits per heavy atom. The summed E-state index contributed by atoms with van der Waals surface area (Å²) in [6, 6.07) is 40.7. The summed E-state index contributed by atoms with van der Waals surface area (Å²) < 4.78 is 18.0. The quantitative estimate of drug-likeness (QED) is 0.0222. The predicted molar refractivity (Wildman–Crippen MR) is 297 cm³/mol. The first-order valence-electron chi connectivity index (χ1n) is 27.4. The van der Waals surface area contributed by atoms with E-state index in [4.69, 9.17) is 25.7 Å². The molecule has 7 rings (SSSR count). The number of ether oxygens (including phenoxy) is 3. The lowest BCUT2D eigenvalue weighted by atomic mass is 9.98. The van der Waals surface area contributed by atoms with Gasteiger partial charge in [-0.15, -0.1) is 0 Å². The van der Waals surface area contributed by atoms with Crippen LogP contribution in [0.2, 0.25) is 0 Å². The smallest absolute Gasteiger partial charge is 0.407 e. The number of nitrogens with two attached hydrogens (primary N) is 2. The van der Waals surface area contributed by atoms with Crippen LogP contribution in [0, 0.1) is 0 Å². The molecule has 396 valence electrons. The minimum absolute atomic E-state index is 0.00501. The van der Waals surface area contributed by atoms with E-state index < -0.39 is 18.2 Å². The van der Waals surface area contributed by atoms with Gasteiger partial charge in [0.25, 0.3) is 0 Å². The lowest BCUT2D eigenvalue weighted by Crippen LogP contribution is -2.47. The number of fused-ring (bicyclic) bond motifs is 6. The molecule has 0 radical (unpaired) electrons. The number of amides is 3. The average molecular weight is 1010 g/mol. The van der Waals surface area contributed by atoms with Crippen LogP contribution in [0.1, 0.15) is 117 Å². The molecule has 0 saturated carbocycles. The summed E-state index contributed by atoms with van der Waals surface area (Å²) in [5.74, 6) is 0.534. The van der Waals surface area contributed by atoms with Gasteiger partial charge in [0, 0.05) is 37.5 Å². The largest absolute Gasteiger partial charge is 0.492 e. The van der Waals surface area contributed by atoms with E-state index in [9.17, 15) is 14.4 Å². The Labute approximate surface area is 439 Å². The van der Waals surface area contributed by atoms with Gasteiger partial charge in [-0.1, -0.05) is 135 Å². The highest BCUT2D eigenvalue weighted by Gasteiger charge is 2.31. The molecule has 2 aliphatic rings. The van der Waals surface area contributed by atoms with Gasteiger partial charge in [0.05, 0.1) is 0 Å². The van der Waals surface area contributed by atoms with Crippen molar-refractivity contribution < 1.29 is 28.6 Å². The van der Waals surface area contributed by atoms with Gasteiger partial charge in [-0.25, -0.2) is 9.59 Å². The first-order valence-corrected chi connectivity index (χ1v) is 27.4. The van der Waals surface area contributed by atoms with Crippen LogP contribution < -0.4 is 37.5 Å². The lowest BCUT2D eigenvalue weighted by Gasteiger charge is -2.24. The summed E-state index contributed by atoms with van der Waals surface area (Å²) in [7, 11) is 0. The Morgan fingerprint density at radius 1 is 0.568 bits per heavy atom. The second-order valence-electron chi connectivity index (χ2n) is 19.8. The highest BCUT2D eigenvalue weighted by atomic mass is 16.6. The molecule has 0 aliphatic heterocycles. The number of hydrogen-bond donors (Lipinski definition) is 6. The summed E-state index contributed by atoms with van der Waals surface area (Å²) in [5, 5.41) is 12.7. The van der Waals surface area contributed by atoms with Crippen molar-refractivity contribution in [3.05, 3.63) is 149 Å². The van der Waals surface area contributed by atoms with Crippen molar-refractivity contribution in [2.24, 2.45) is 11.5 Å². The number of carbonyl (C=O) groups excluding carboxylic acids is 3. The number of carbonyl (C=O) groups is 3. The highest BCUT2D eigenvalue weighted by molar-refractivity contribution is 5.86. The first-order chi connectivity index (χ1) is 36.4. The maximum absolute atomic E-state index is 13.7. The fourth-order valence-electron chi connectivity index (χ4n) is 10.4. The van der Waals surface area contributed by atoms with Gasteiger partial charge < -0.3 is 46.9 Å².